The molecule has 0 spiro atoms. The van der Waals surface area contributed by atoms with Gasteiger partial charge in [-0.3, -0.25) is 9.10 Å². The van der Waals surface area contributed by atoms with Gasteiger partial charge in [0.25, 0.3) is 15.9 Å². The third kappa shape index (κ3) is 6.42. The molecular weight excluding hydrogens is 602 g/mol. The number of halogens is 4. The zero-order chi connectivity index (χ0) is 28.3. The van der Waals surface area contributed by atoms with Crippen LogP contribution in [0.25, 0.3) is 5.69 Å². The van der Waals surface area contributed by atoms with Crippen LogP contribution in [0, 0.1) is 13.8 Å². The average molecular weight is 624 g/mol. The minimum atomic E-state index is -4.11. The Hall–Kier alpha value is -3.01. The van der Waals surface area contributed by atoms with Crippen molar-refractivity contribution in [2.75, 3.05) is 10.8 Å². The predicted molar refractivity (Wildman–Crippen MR) is 158 cm³/mol. The molecule has 12 heteroatoms. The van der Waals surface area contributed by atoms with Crippen molar-refractivity contribution in [3.05, 3.63) is 110 Å². The van der Waals surface area contributed by atoms with Crippen molar-refractivity contribution < 1.29 is 13.2 Å². The first-order chi connectivity index (χ1) is 18.5. The van der Waals surface area contributed by atoms with Crippen LogP contribution in [0.2, 0.25) is 20.1 Å². The van der Waals surface area contributed by atoms with Crippen LogP contribution >= 0.6 is 46.4 Å². The Balaban J connectivity index is 1.56. The number of nitrogens with one attached hydrogen (secondary N) is 1. The molecule has 39 heavy (non-hydrogen) atoms. The van der Waals surface area contributed by atoms with E-state index >= 15 is 0 Å². The fraction of sp³-hybridized carbons (Fsp3) is 0.111. The number of sulfonamides is 1. The maximum Gasteiger partial charge on any atom is 0.264 e. The lowest BCUT2D eigenvalue weighted by molar-refractivity contribution is -0.119. The lowest BCUT2D eigenvalue weighted by Crippen LogP contribution is -2.39. The zero-order valence-electron chi connectivity index (χ0n) is 20.7. The van der Waals surface area contributed by atoms with Crippen molar-refractivity contribution in [3.8, 4) is 5.69 Å². The number of aryl methyl sites for hydroxylation is 1. The highest BCUT2D eigenvalue weighted by atomic mass is 35.5. The summed E-state index contributed by atoms with van der Waals surface area (Å²) in [6.45, 7) is 3.28. The largest absolute Gasteiger partial charge is 0.318 e. The van der Waals surface area contributed by atoms with E-state index in [-0.39, 0.29) is 20.6 Å². The van der Waals surface area contributed by atoms with Crippen LogP contribution in [0.1, 0.15) is 17.0 Å². The summed E-state index contributed by atoms with van der Waals surface area (Å²) in [5.74, 6) is -0.657. The third-order valence-corrected chi connectivity index (χ3v) is 9.10. The van der Waals surface area contributed by atoms with Crippen molar-refractivity contribution >= 4 is 74.2 Å². The fourth-order valence-electron chi connectivity index (χ4n) is 3.95. The molecule has 202 valence electrons. The number of aromatic nitrogens is 1. The Labute approximate surface area is 246 Å². The number of rotatable bonds is 8. The second-order valence-corrected chi connectivity index (χ2v) is 12.0. The molecule has 1 heterocycles. The van der Waals surface area contributed by atoms with Crippen molar-refractivity contribution in [3.63, 3.8) is 0 Å². The molecule has 1 aromatic heterocycles. The number of hydrogen-bond acceptors (Lipinski definition) is 4. The SMILES string of the molecule is Cc1cc(/C=N\NC(=O)CN(c2ccc(Cl)c(Cl)c2)S(=O)(=O)c2ccccc2)c(C)n1-c1ccc(Cl)c(Cl)c1. The highest BCUT2D eigenvalue weighted by Gasteiger charge is 2.27. The molecule has 0 aliphatic carbocycles. The van der Waals surface area contributed by atoms with E-state index in [9.17, 15) is 13.2 Å². The van der Waals surface area contributed by atoms with Gasteiger partial charge < -0.3 is 4.57 Å². The second-order valence-electron chi connectivity index (χ2n) is 8.48. The number of hydrazone groups is 1. The average Bonchev–Trinajstić information content (AvgIpc) is 3.19. The summed E-state index contributed by atoms with van der Waals surface area (Å²) in [6.07, 6.45) is 1.49. The van der Waals surface area contributed by atoms with Gasteiger partial charge in [0.15, 0.2) is 0 Å². The minimum Gasteiger partial charge on any atom is -0.318 e. The van der Waals surface area contributed by atoms with Crippen LogP contribution in [0.4, 0.5) is 5.69 Å². The summed E-state index contributed by atoms with van der Waals surface area (Å²) >= 11 is 24.4. The smallest absolute Gasteiger partial charge is 0.264 e. The number of nitrogens with zero attached hydrogens (tertiary/aromatic N) is 3. The third-order valence-electron chi connectivity index (χ3n) is 5.83. The topological polar surface area (TPSA) is 83.8 Å². The molecule has 0 aliphatic heterocycles. The molecule has 0 fully saturated rings. The van der Waals surface area contributed by atoms with Crippen LogP contribution < -0.4 is 9.73 Å². The molecule has 1 amide bonds. The van der Waals surface area contributed by atoms with Gasteiger partial charge in [-0.25, -0.2) is 13.8 Å². The highest BCUT2D eigenvalue weighted by molar-refractivity contribution is 7.92. The van der Waals surface area contributed by atoms with E-state index in [1.807, 2.05) is 30.5 Å². The molecule has 0 unspecified atom stereocenters. The molecule has 0 atom stereocenters. The summed E-state index contributed by atoms with van der Waals surface area (Å²) < 4.78 is 29.8. The molecule has 7 nitrogen and oxygen atoms in total. The molecule has 4 rings (SSSR count). The molecule has 3 aromatic carbocycles. The van der Waals surface area contributed by atoms with Crippen LogP contribution in [0.5, 0.6) is 0 Å². The van der Waals surface area contributed by atoms with Gasteiger partial charge in [-0.2, -0.15) is 5.10 Å². The molecule has 0 bridgehead atoms. The van der Waals surface area contributed by atoms with Crippen LogP contribution in [-0.4, -0.2) is 31.7 Å². The number of anilines is 1. The molecular formula is C27H22Cl4N4O3S. The van der Waals surface area contributed by atoms with Gasteiger partial charge in [-0.05, 0) is 68.4 Å². The number of amides is 1. The van der Waals surface area contributed by atoms with Crippen molar-refractivity contribution in [2.24, 2.45) is 5.10 Å². The lowest BCUT2D eigenvalue weighted by Gasteiger charge is -2.24. The maximum atomic E-state index is 13.4. The molecule has 0 saturated heterocycles. The van der Waals surface area contributed by atoms with Crippen molar-refractivity contribution in [1.82, 2.24) is 9.99 Å². The van der Waals surface area contributed by atoms with E-state index in [4.69, 9.17) is 46.4 Å². The van der Waals surface area contributed by atoms with Crippen LogP contribution in [-0.2, 0) is 14.8 Å². The molecule has 0 saturated carbocycles. The Kier molecular flexibility index (Phi) is 8.93. The van der Waals surface area contributed by atoms with Crippen molar-refractivity contribution in [1.29, 1.82) is 0 Å². The standard InChI is InChI=1S/C27H22Cl4N4O3S/c1-17-12-19(18(2)35(17)21-9-11-24(29)26(31)14-21)15-32-33-27(36)16-34(20-8-10-23(28)25(30)13-20)39(37,38)22-6-4-3-5-7-22/h3-15H,16H2,1-2H3,(H,33,36)/b32-15-. The first-order valence-corrected chi connectivity index (χ1v) is 14.4. The van der Waals surface area contributed by atoms with Gasteiger partial charge in [0, 0.05) is 22.6 Å². The first-order valence-electron chi connectivity index (χ1n) is 11.5. The summed E-state index contributed by atoms with van der Waals surface area (Å²) in [4.78, 5) is 12.9. The number of carbonyl (C=O) groups excluding carboxylic acids is 1. The van der Waals surface area contributed by atoms with E-state index in [2.05, 4.69) is 10.5 Å². The fourth-order valence-corrected chi connectivity index (χ4v) is 5.97. The van der Waals surface area contributed by atoms with E-state index in [0.29, 0.717) is 10.0 Å². The molecule has 4 aromatic rings. The van der Waals surface area contributed by atoms with Gasteiger partial charge in [0.05, 0.1) is 36.9 Å². The van der Waals surface area contributed by atoms with Crippen LogP contribution in [0.15, 0.2) is 82.8 Å². The van der Waals surface area contributed by atoms with Gasteiger partial charge in [-0.15, -0.1) is 0 Å². The second kappa shape index (κ2) is 12.0. The Morgan fingerprint density at radius 3 is 2.18 bits per heavy atom. The van der Waals surface area contributed by atoms with E-state index in [1.54, 1.807) is 30.3 Å². The monoisotopic (exact) mass is 622 g/mol. The summed E-state index contributed by atoms with van der Waals surface area (Å²) in [6, 6.07) is 19.3. The van der Waals surface area contributed by atoms with Gasteiger partial charge >= 0.3 is 0 Å². The molecule has 1 N–H and O–H groups in total. The summed E-state index contributed by atoms with van der Waals surface area (Å²) in [7, 11) is -4.11. The highest BCUT2D eigenvalue weighted by Crippen LogP contribution is 2.31. The predicted octanol–water partition coefficient (Wildman–Crippen LogP) is 7.05. The van der Waals surface area contributed by atoms with E-state index in [1.165, 1.54) is 36.5 Å². The Morgan fingerprint density at radius 2 is 1.54 bits per heavy atom. The van der Waals surface area contributed by atoms with Crippen LogP contribution in [0.3, 0.4) is 0 Å². The number of hydrogen-bond donors (Lipinski definition) is 1. The Morgan fingerprint density at radius 1 is 0.897 bits per heavy atom. The van der Waals surface area contributed by atoms with E-state index in [0.717, 1.165) is 26.9 Å². The zero-order valence-corrected chi connectivity index (χ0v) is 24.5. The van der Waals surface area contributed by atoms with E-state index < -0.39 is 22.5 Å². The normalized spacial score (nSPS) is 11.6. The first kappa shape index (κ1) is 29.0. The summed E-state index contributed by atoms with van der Waals surface area (Å²) in [5, 5.41) is 5.35. The Bertz CT molecular complexity index is 1670. The summed E-state index contributed by atoms with van der Waals surface area (Å²) in [5.41, 5.74) is 5.93. The van der Waals surface area contributed by atoms with Gasteiger partial charge in [0.2, 0.25) is 0 Å². The molecule has 0 radical (unpaired) electrons. The quantitative estimate of drug-likeness (QED) is 0.169. The lowest BCUT2D eigenvalue weighted by atomic mass is 10.2. The molecule has 0 aliphatic rings. The van der Waals surface area contributed by atoms with Gasteiger partial charge in [0.1, 0.15) is 6.54 Å². The number of benzene rings is 3. The van der Waals surface area contributed by atoms with Gasteiger partial charge in [-0.1, -0.05) is 64.6 Å². The van der Waals surface area contributed by atoms with Crippen molar-refractivity contribution in [2.45, 2.75) is 18.7 Å². The minimum absolute atomic E-state index is 0.0158. The maximum absolute atomic E-state index is 13.4. The number of carbonyl (C=O) groups is 1.